The summed E-state index contributed by atoms with van der Waals surface area (Å²) in [6, 6.07) is 10.1. The summed E-state index contributed by atoms with van der Waals surface area (Å²) in [6.45, 7) is 8.57. The first-order chi connectivity index (χ1) is 13.3. The summed E-state index contributed by atoms with van der Waals surface area (Å²) in [5.74, 6) is 0.289. The molecule has 0 aliphatic rings. The van der Waals surface area contributed by atoms with Crippen LogP contribution in [0.2, 0.25) is 0 Å². The topological polar surface area (TPSA) is 55.2 Å². The van der Waals surface area contributed by atoms with Gasteiger partial charge in [-0.05, 0) is 38.8 Å². The van der Waals surface area contributed by atoms with Crippen LogP contribution in [0, 0.1) is 13.8 Å². The molecule has 0 fully saturated rings. The van der Waals surface area contributed by atoms with Gasteiger partial charge in [0.1, 0.15) is 4.83 Å². The molecule has 3 rings (SSSR count). The maximum absolute atomic E-state index is 12.9. The average Bonchev–Trinajstić information content (AvgIpc) is 2.95. The van der Waals surface area contributed by atoms with E-state index in [4.69, 9.17) is 0 Å². The van der Waals surface area contributed by atoms with Crippen LogP contribution in [0.15, 0.2) is 40.3 Å². The zero-order valence-electron chi connectivity index (χ0n) is 16.9. The van der Waals surface area contributed by atoms with Crippen LogP contribution in [0.3, 0.4) is 0 Å². The van der Waals surface area contributed by atoms with Gasteiger partial charge in [0.25, 0.3) is 5.56 Å². The Bertz CT molecular complexity index is 1050. The van der Waals surface area contributed by atoms with Crippen LogP contribution in [0.5, 0.6) is 0 Å². The maximum atomic E-state index is 12.9. The van der Waals surface area contributed by atoms with E-state index in [-0.39, 0.29) is 23.3 Å². The van der Waals surface area contributed by atoms with Gasteiger partial charge in [-0.1, -0.05) is 42.1 Å². The lowest BCUT2D eigenvalue weighted by Crippen LogP contribution is -2.37. The van der Waals surface area contributed by atoms with Crippen LogP contribution >= 0.6 is 23.1 Å². The maximum Gasteiger partial charge on any atom is 0.262 e. The van der Waals surface area contributed by atoms with Crippen LogP contribution in [-0.4, -0.2) is 32.2 Å². The van der Waals surface area contributed by atoms with Crippen molar-refractivity contribution in [2.24, 2.45) is 7.05 Å². The van der Waals surface area contributed by atoms with Crippen molar-refractivity contribution in [2.75, 3.05) is 5.75 Å². The lowest BCUT2D eigenvalue weighted by molar-refractivity contribution is -0.130. The van der Waals surface area contributed by atoms with E-state index in [9.17, 15) is 9.59 Å². The molecule has 0 N–H and O–H groups in total. The molecule has 0 saturated heterocycles. The molecule has 28 heavy (non-hydrogen) atoms. The molecule has 1 aromatic carbocycles. The van der Waals surface area contributed by atoms with E-state index in [1.807, 2.05) is 62.9 Å². The van der Waals surface area contributed by atoms with Crippen LogP contribution in [0.25, 0.3) is 10.2 Å². The molecule has 2 heterocycles. The summed E-state index contributed by atoms with van der Waals surface area (Å²) in [6.07, 6.45) is 0. The highest BCUT2D eigenvalue weighted by molar-refractivity contribution is 7.99. The Kier molecular flexibility index (Phi) is 6.25. The number of hydrogen-bond donors (Lipinski definition) is 0. The van der Waals surface area contributed by atoms with E-state index < -0.39 is 0 Å². The molecule has 0 spiro atoms. The van der Waals surface area contributed by atoms with E-state index in [1.165, 1.54) is 23.1 Å². The SMILES string of the molecule is Cc1sc2nc(SCC(=O)N(Cc3ccccc3)C(C)C)n(C)c(=O)c2c1C. The van der Waals surface area contributed by atoms with Gasteiger partial charge < -0.3 is 4.90 Å². The van der Waals surface area contributed by atoms with Crippen molar-refractivity contribution in [2.45, 2.75) is 45.4 Å². The predicted octanol–water partition coefficient (Wildman–Crippen LogP) is 4.14. The van der Waals surface area contributed by atoms with Gasteiger partial charge in [-0.15, -0.1) is 11.3 Å². The van der Waals surface area contributed by atoms with Crippen molar-refractivity contribution >= 4 is 39.2 Å². The highest BCUT2D eigenvalue weighted by atomic mass is 32.2. The number of hydrogen-bond acceptors (Lipinski definition) is 5. The Morgan fingerprint density at radius 1 is 1.25 bits per heavy atom. The quantitative estimate of drug-likeness (QED) is 0.448. The van der Waals surface area contributed by atoms with Crippen molar-refractivity contribution in [3.63, 3.8) is 0 Å². The standard InChI is InChI=1S/C21H25N3O2S2/c1-13(2)24(11-16-9-7-6-8-10-16)17(25)12-27-21-22-19-18(20(26)23(21)5)14(3)15(4)28-19/h6-10,13H,11-12H2,1-5H3. The second-order valence-corrected chi connectivity index (χ2v) is 9.26. The fourth-order valence-electron chi connectivity index (χ4n) is 3.03. The Balaban J connectivity index is 1.79. The lowest BCUT2D eigenvalue weighted by Gasteiger charge is -2.27. The number of rotatable bonds is 6. The monoisotopic (exact) mass is 415 g/mol. The van der Waals surface area contributed by atoms with E-state index >= 15 is 0 Å². The van der Waals surface area contributed by atoms with Gasteiger partial charge in [0, 0.05) is 24.5 Å². The molecule has 0 unspecified atom stereocenters. The zero-order chi connectivity index (χ0) is 20.4. The third-order valence-corrected chi connectivity index (χ3v) is 6.95. The molecule has 5 nitrogen and oxygen atoms in total. The minimum absolute atomic E-state index is 0.0386. The molecule has 1 amide bonds. The van der Waals surface area contributed by atoms with Crippen LogP contribution in [0.1, 0.15) is 29.9 Å². The number of thiophene rings is 1. The van der Waals surface area contributed by atoms with E-state index in [2.05, 4.69) is 4.98 Å². The van der Waals surface area contributed by atoms with Crippen LogP contribution in [-0.2, 0) is 18.4 Å². The average molecular weight is 416 g/mol. The minimum atomic E-state index is -0.0493. The number of thioether (sulfide) groups is 1. The number of fused-ring (bicyclic) bond motifs is 1. The lowest BCUT2D eigenvalue weighted by atomic mass is 10.2. The summed E-state index contributed by atoms with van der Waals surface area (Å²) in [5.41, 5.74) is 2.05. The molecule has 0 saturated carbocycles. The summed E-state index contributed by atoms with van der Waals surface area (Å²) >= 11 is 2.85. The molecular formula is C21H25N3O2S2. The molecule has 148 valence electrons. The van der Waals surface area contributed by atoms with Crippen molar-refractivity contribution in [1.82, 2.24) is 14.5 Å². The largest absolute Gasteiger partial charge is 0.335 e. The van der Waals surface area contributed by atoms with Crippen LogP contribution < -0.4 is 5.56 Å². The molecule has 0 aliphatic carbocycles. The van der Waals surface area contributed by atoms with Gasteiger partial charge in [0.05, 0.1) is 11.1 Å². The van der Waals surface area contributed by atoms with Crippen molar-refractivity contribution in [3.8, 4) is 0 Å². The minimum Gasteiger partial charge on any atom is -0.335 e. The van der Waals surface area contributed by atoms with Gasteiger partial charge in [-0.25, -0.2) is 4.98 Å². The summed E-state index contributed by atoms with van der Waals surface area (Å²) in [5, 5.41) is 1.27. The Morgan fingerprint density at radius 2 is 1.93 bits per heavy atom. The van der Waals surface area contributed by atoms with Gasteiger partial charge in [0.2, 0.25) is 5.91 Å². The van der Waals surface area contributed by atoms with E-state index in [0.717, 1.165) is 20.8 Å². The first kappa shape index (κ1) is 20.6. The molecule has 3 aromatic rings. The molecule has 0 atom stereocenters. The first-order valence-corrected chi connectivity index (χ1v) is 11.0. The van der Waals surface area contributed by atoms with Gasteiger partial charge in [-0.2, -0.15) is 0 Å². The number of carbonyl (C=O) groups excluding carboxylic acids is 1. The predicted molar refractivity (Wildman–Crippen MR) is 117 cm³/mol. The second kappa shape index (κ2) is 8.49. The van der Waals surface area contributed by atoms with Gasteiger partial charge >= 0.3 is 0 Å². The normalized spacial score (nSPS) is 11.4. The third kappa shape index (κ3) is 4.15. The van der Waals surface area contributed by atoms with E-state index in [0.29, 0.717) is 17.1 Å². The van der Waals surface area contributed by atoms with Gasteiger partial charge in [-0.3, -0.25) is 14.2 Å². The number of aryl methyl sites for hydroxylation is 2. The highest BCUT2D eigenvalue weighted by Crippen LogP contribution is 2.28. The first-order valence-electron chi connectivity index (χ1n) is 9.22. The second-order valence-electron chi connectivity index (χ2n) is 7.11. The fraction of sp³-hybridized carbons (Fsp3) is 0.381. The number of benzene rings is 1. The number of aromatic nitrogens is 2. The van der Waals surface area contributed by atoms with Crippen molar-refractivity contribution in [3.05, 3.63) is 56.7 Å². The van der Waals surface area contributed by atoms with Crippen LogP contribution in [0.4, 0.5) is 0 Å². The van der Waals surface area contributed by atoms with Gasteiger partial charge in [0.15, 0.2) is 5.16 Å². The molecule has 2 aromatic heterocycles. The summed E-state index contributed by atoms with van der Waals surface area (Å²) in [7, 11) is 1.72. The molecule has 0 aliphatic heterocycles. The van der Waals surface area contributed by atoms with Crippen molar-refractivity contribution in [1.29, 1.82) is 0 Å². The Morgan fingerprint density at radius 3 is 2.57 bits per heavy atom. The smallest absolute Gasteiger partial charge is 0.262 e. The molecular weight excluding hydrogens is 390 g/mol. The number of amides is 1. The molecule has 0 radical (unpaired) electrons. The third-order valence-electron chi connectivity index (χ3n) is 4.83. The molecule has 7 heteroatoms. The number of carbonyl (C=O) groups is 1. The highest BCUT2D eigenvalue weighted by Gasteiger charge is 2.20. The Hall–Kier alpha value is -2.12. The summed E-state index contributed by atoms with van der Waals surface area (Å²) in [4.78, 5) is 34.0. The van der Waals surface area contributed by atoms with Crippen molar-refractivity contribution < 1.29 is 4.79 Å². The zero-order valence-corrected chi connectivity index (χ0v) is 18.5. The summed E-state index contributed by atoms with van der Waals surface area (Å²) < 4.78 is 1.55. The fourth-order valence-corrected chi connectivity index (χ4v) is 4.96. The number of nitrogens with zero attached hydrogens (tertiary/aromatic N) is 3. The molecule has 0 bridgehead atoms. The van der Waals surface area contributed by atoms with E-state index in [1.54, 1.807) is 11.6 Å². The Labute approximate surface area is 173 Å².